The summed E-state index contributed by atoms with van der Waals surface area (Å²) in [6.45, 7) is 2.58. The molecule has 1 unspecified atom stereocenters. The van der Waals surface area contributed by atoms with Crippen molar-refractivity contribution in [3.05, 3.63) is 29.3 Å². The van der Waals surface area contributed by atoms with Gasteiger partial charge in [-0.05, 0) is 37.0 Å². The van der Waals surface area contributed by atoms with Crippen molar-refractivity contribution in [2.75, 3.05) is 20.3 Å². The van der Waals surface area contributed by atoms with E-state index in [-0.39, 0.29) is 6.10 Å². The van der Waals surface area contributed by atoms with Crippen molar-refractivity contribution >= 4 is 0 Å². The smallest absolute Gasteiger partial charge is 0.124 e. The number of rotatable bonds is 6. The van der Waals surface area contributed by atoms with Gasteiger partial charge in [-0.15, -0.1) is 0 Å². The van der Waals surface area contributed by atoms with Crippen LogP contribution in [0.3, 0.4) is 0 Å². The van der Waals surface area contributed by atoms with E-state index in [1.807, 2.05) is 18.2 Å². The van der Waals surface area contributed by atoms with Gasteiger partial charge in [-0.2, -0.15) is 0 Å². The molecule has 106 valence electrons. The Labute approximate surface area is 114 Å². The minimum Gasteiger partial charge on any atom is -0.496 e. The third-order valence-electron chi connectivity index (χ3n) is 3.42. The molecule has 1 atom stereocenters. The van der Waals surface area contributed by atoms with Crippen LogP contribution in [0.25, 0.3) is 0 Å². The predicted molar refractivity (Wildman–Crippen MR) is 74.1 cm³/mol. The molecule has 0 amide bonds. The molecular formula is C15H23NO3. The number of hydrogen-bond acceptors (Lipinski definition) is 4. The van der Waals surface area contributed by atoms with Gasteiger partial charge in [-0.3, -0.25) is 0 Å². The van der Waals surface area contributed by atoms with Gasteiger partial charge in [-0.1, -0.05) is 6.07 Å². The monoisotopic (exact) mass is 265 g/mol. The van der Waals surface area contributed by atoms with E-state index in [4.69, 9.17) is 19.9 Å². The lowest BCUT2D eigenvalue weighted by atomic mass is 10.1. The Morgan fingerprint density at radius 1 is 1.37 bits per heavy atom. The molecule has 0 saturated carbocycles. The molecule has 1 aliphatic rings. The summed E-state index contributed by atoms with van der Waals surface area (Å²) in [6, 6.07) is 5.96. The lowest BCUT2D eigenvalue weighted by Crippen LogP contribution is -2.24. The van der Waals surface area contributed by atoms with Crippen molar-refractivity contribution in [1.82, 2.24) is 0 Å². The predicted octanol–water partition coefficient (Wildman–Crippen LogP) is 2.24. The average Bonchev–Trinajstić information content (AvgIpc) is 2.48. The van der Waals surface area contributed by atoms with Crippen LogP contribution in [0.4, 0.5) is 0 Å². The zero-order valence-electron chi connectivity index (χ0n) is 11.6. The quantitative estimate of drug-likeness (QED) is 0.857. The minimum atomic E-state index is 0.248. The second kappa shape index (κ2) is 7.48. The van der Waals surface area contributed by atoms with Crippen LogP contribution in [-0.4, -0.2) is 26.4 Å². The van der Waals surface area contributed by atoms with Crippen LogP contribution >= 0.6 is 0 Å². The van der Waals surface area contributed by atoms with E-state index in [1.165, 1.54) is 12.8 Å². The van der Waals surface area contributed by atoms with E-state index in [0.29, 0.717) is 19.8 Å². The first kappa shape index (κ1) is 14.3. The topological polar surface area (TPSA) is 53.7 Å². The summed E-state index contributed by atoms with van der Waals surface area (Å²) in [6.07, 6.45) is 3.75. The zero-order valence-corrected chi connectivity index (χ0v) is 11.6. The number of nitrogens with two attached hydrogens (primary N) is 1. The summed E-state index contributed by atoms with van der Waals surface area (Å²) >= 11 is 0. The summed E-state index contributed by atoms with van der Waals surface area (Å²) < 4.78 is 16.7. The van der Waals surface area contributed by atoms with Gasteiger partial charge in [0, 0.05) is 18.7 Å². The number of benzene rings is 1. The molecular weight excluding hydrogens is 242 g/mol. The molecule has 0 aromatic heterocycles. The van der Waals surface area contributed by atoms with Gasteiger partial charge in [0.25, 0.3) is 0 Å². The van der Waals surface area contributed by atoms with Crippen LogP contribution in [0.2, 0.25) is 0 Å². The Bertz CT molecular complexity index is 389. The van der Waals surface area contributed by atoms with E-state index in [0.717, 1.165) is 29.9 Å². The van der Waals surface area contributed by atoms with Gasteiger partial charge in [-0.25, -0.2) is 0 Å². The van der Waals surface area contributed by atoms with Gasteiger partial charge in [0.15, 0.2) is 0 Å². The number of ether oxygens (including phenoxy) is 3. The molecule has 2 N–H and O–H groups in total. The fourth-order valence-corrected chi connectivity index (χ4v) is 2.31. The van der Waals surface area contributed by atoms with Gasteiger partial charge >= 0.3 is 0 Å². The maximum absolute atomic E-state index is 5.76. The van der Waals surface area contributed by atoms with Crippen molar-refractivity contribution in [3.8, 4) is 5.75 Å². The Hall–Kier alpha value is -1.10. The lowest BCUT2D eigenvalue weighted by Gasteiger charge is -2.22. The van der Waals surface area contributed by atoms with Gasteiger partial charge < -0.3 is 19.9 Å². The van der Waals surface area contributed by atoms with Crippen molar-refractivity contribution in [2.24, 2.45) is 5.73 Å². The normalized spacial score (nSPS) is 19.4. The maximum Gasteiger partial charge on any atom is 0.124 e. The standard InChI is InChI=1S/C15H23NO3/c1-17-15-6-5-12(9-16)8-13(15)10-18-11-14-4-2-3-7-19-14/h5-6,8,14H,2-4,7,9-11,16H2,1H3. The molecule has 1 aromatic carbocycles. The van der Waals surface area contributed by atoms with Crippen molar-refractivity contribution < 1.29 is 14.2 Å². The summed E-state index contributed by atoms with van der Waals surface area (Å²) in [4.78, 5) is 0. The third kappa shape index (κ3) is 4.20. The molecule has 19 heavy (non-hydrogen) atoms. The van der Waals surface area contributed by atoms with Crippen LogP contribution < -0.4 is 10.5 Å². The summed E-state index contributed by atoms with van der Waals surface area (Å²) in [5.74, 6) is 0.849. The molecule has 4 heteroatoms. The van der Waals surface area contributed by atoms with Gasteiger partial charge in [0.05, 0.1) is 26.4 Å². The number of hydrogen-bond donors (Lipinski definition) is 1. The lowest BCUT2D eigenvalue weighted by molar-refractivity contribution is -0.0449. The zero-order chi connectivity index (χ0) is 13.5. The van der Waals surface area contributed by atoms with Crippen LogP contribution in [0.1, 0.15) is 30.4 Å². The SMILES string of the molecule is COc1ccc(CN)cc1COCC1CCCCO1. The first-order valence-corrected chi connectivity index (χ1v) is 6.88. The highest BCUT2D eigenvalue weighted by Gasteiger charge is 2.14. The van der Waals surface area contributed by atoms with Crippen LogP contribution in [0.15, 0.2) is 18.2 Å². The Balaban J connectivity index is 1.86. The van der Waals surface area contributed by atoms with E-state index in [9.17, 15) is 0 Å². The van der Waals surface area contributed by atoms with Crippen molar-refractivity contribution in [1.29, 1.82) is 0 Å². The largest absolute Gasteiger partial charge is 0.496 e. The second-order valence-electron chi connectivity index (χ2n) is 4.85. The highest BCUT2D eigenvalue weighted by molar-refractivity contribution is 5.36. The van der Waals surface area contributed by atoms with E-state index < -0.39 is 0 Å². The highest BCUT2D eigenvalue weighted by atomic mass is 16.5. The highest BCUT2D eigenvalue weighted by Crippen LogP contribution is 2.21. The summed E-state index contributed by atoms with van der Waals surface area (Å²) in [5.41, 5.74) is 7.79. The molecule has 1 saturated heterocycles. The molecule has 1 heterocycles. The molecule has 2 rings (SSSR count). The maximum atomic E-state index is 5.76. The first-order valence-electron chi connectivity index (χ1n) is 6.88. The molecule has 1 fully saturated rings. The Morgan fingerprint density at radius 3 is 2.95 bits per heavy atom. The second-order valence-corrected chi connectivity index (χ2v) is 4.85. The first-order chi connectivity index (χ1) is 9.33. The average molecular weight is 265 g/mol. The van der Waals surface area contributed by atoms with Gasteiger partial charge in [0.1, 0.15) is 5.75 Å². The van der Waals surface area contributed by atoms with Crippen molar-refractivity contribution in [2.45, 2.75) is 38.5 Å². The summed E-state index contributed by atoms with van der Waals surface area (Å²) in [5, 5.41) is 0. The molecule has 1 aliphatic heterocycles. The minimum absolute atomic E-state index is 0.248. The van der Waals surface area contributed by atoms with E-state index >= 15 is 0 Å². The molecule has 0 bridgehead atoms. The molecule has 0 spiro atoms. The molecule has 0 aliphatic carbocycles. The Morgan fingerprint density at radius 2 is 2.26 bits per heavy atom. The van der Waals surface area contributed by atoms with Crippen LogP contribution in [-0.2, 0) is 22.6 Å². The van der Waals surface area contributed by atoms with Gasteiger partial charge in [0.2, 0.25) is 0 Å². The third-order valence-corrected chi connectivity index (χ3v) is 3.42. The van der Waals surface area contributed by atoms with Crippen LogP contribution in [0, 0.1) is 0 Å². The molecule has 1 aromatic rings. The number of methoxy groups -OCH3 is 1. The van der Waals surface area contributed by atoms with Crippen molar-refractivity contribution in [3.63, 3.8) is 0 Å². The van der Waals surface area contributed by atoms with Crippen LogP contribution in [0.5, 0.6) is 5.75 Å². The van der Waals surface area contributed by atoms with E-state index in [1.54, 1.807) is 7.11 Å². The fraction of sp³-hybridized carbons (Fsp3) is 0.600. The molecule has 0 radical (unpaired) electrons. The molecule has 4 nitrogen and oxygen atoms in total. The van der Waals surface area contributed by atoms with E-state index in [2.05, 4.69) is 0 Å². The fourth-order valence-electron chi connectivity index (χ4n) is 2.31. The Kier molecular flexibility index (Phi) is 5.63. The summed E-state index contributed by atoms with van der Waals surface area (Å²) in [7, 11) is 1.67.